The van der Waals surface area contributed by atoms with Gasteiger partial charge in [-0.1, -0.05) is 78.9 Å². The van der Waals surface area contributed by atoms with Crippen LogP contribution in [0.4, 0.5) is 5.69 Å². The Morgan fingerprint density at radius 1 is 0.895 bits per heavy atom. The van der Waals surface area contributed by atoms with Crippen molar-refractivity contribution < 1.29 is 14.3 Å². The Morgan fingerprint density at radius 3 is 2.18 bits per heavy atom. The number of carbonyl (C=O) groups excluding carboxylic acids is 1. The maximum absolute atomic E-state index is 13.6. The maximum atomic E-state index is 13.6. The van der Waals surface area contributed by atoms with Crippen molar-refractivity contribution in [2.45, 2.75) is 13.2 Å². The number of thioether (sulfide) groups is 1. The number of carbonyl (C=O) groups is 1. The summed E-state index contributed by atoms with van der Waals surface area (Å²) in [4.78, 5) is 20.7. The van der Waals surface area contributed by atoms with Gasteiger partial charge in [-0.2, -0.15) is 0 Å². The molecule has 1 amide bonds. The van der Waals surface area contributed by atoms with E-state index in [0.717, 1.165) is 26.9 Å². The fourth-order valence-electron chi connectivity index (χ4n) is 3.95. The molecule has 190 valence electrons. The van der Waals surface area contributed by atoms with E-state index in [2.05, 4.69) is 15.9 Å². The van der Waals surface area contributed by atoms with Crippen molar-refractivity contribution in [2.75, 3.05) is 7.11 Å². The van der Waals surface area contributed by atoms with E-state index in [1.807, 2.05) is 109 Å². The number of hydrogen-bond acceptors (Lipinski definition) is 5. The topological polar surface area (TPSA) is 51.1 Å². The molecule has 1 aliphatic heterocycles. The Kier molecular flexibility index (Phi) is 8.26. The molecule has 1 fully saturated rings. The lowest BCUT2D eigenvalue weighted by atomic mass is 10.1. The van der Waals surface area contributed by atoms with E-state index < -0.39 is 0 Å². The van der Waals surface area contributed by atoms with Gasteiger partial charge in [0.2, 0.25) is 0 Å². The molecule has 5 rings (SSSR count). The summed E-state index contributed by atoms with van der Waals surface area (Å²) in [5.41, 5.74) is 3.71. The van der Waals surface area contributed by atoms with Crippen LogP contribution in [0.2, 0.25) is 0 Å². The summed E-state index contributed by atoms with van der Waals surface area (Å²) in [6, 6.07) is 33.4. The Hall–Kier alpha value is -3.81. The molecule has 1 aliphatic rings. The molecule has 0 N–H and O–H groups in total. The van der Waals surface area contributed by atoms with Crippen molar-refractivity contribution in [1.29, 1.82) is 0 Å². The van der Waals surface area contributed by atoms with Crippen molar-refractivity contribution in [1.82, 2.24) is 4.90 Å². The molecule has 0 atom stereocenters. The highest BCUT2D eigenvalue weighted by Gasteiger charge is 2.33. The molecule has 0 aromatic heterocycles. The van der Waals surface area contributed by atoms with Crippen LogP contribution in [0.25, 0.3) is 6.08 Å². The number of methoxy groups -OCH3 is 1. The summed E-state index contributed by atoms with van der Waals surface area (Å²) in [5, 5.41) is 0.644. The number of ether oxygens (including phenoxy) is 2. The molecule has 0 spiro atoms. The van der Waals surface area contributed by atoms with Gasteiger partial charge in [-0.25, -0.2) is 4.99 Å². The Balaban J connectivity index is 1.44. The average molecular weight is 586 g/mol. The maximum Gasteiger partial charge on any atom is 0.267 e. The van der Waals surface area contributed by atoms with E-state index in [1.165, 1.54) is 11.8 Å². The first-order chi connectivity index (χ1) is 18.6. The summed E-state index contributed by atoms with van der Waals surface area (Å²) in [6.07, 6.45) is 1.87. The van der Waals surface area contributed by atoms with Crippen LogP contribution >= 0.6 is 27.7 Å². The standard InChI is InChI=1S/C31H25BrN2O3S/c1-36-27-18-24(17-26(32)29(27)37-21-23-13-7-3-8-14-23)19-28-30(35)34(20-22-11-5-2-6-12-22)31(38-28)33-25-15-9-4-10-16-25/h2-19H,20-21H2,1H3/b28-19+,33-31?. The Labute approximate surface area is 234 Å². The predicted molar refractivity (Wildman–Crippen MR) is 158 cm³/mol. The molecular formula is C31H25BrN2O3S. The van der Waals surface area contributed by atoms with Gasteiger partial charge in [0, 0.05) is 0 Å². The molecule has 0 aliphatic carbocycles. The van der Waals surface area contributed by atoms with Crippen molar-refractivity contribution in [2.24, 2.45) is 4.99 Å². The van der Waals surface area contributed by atoms with Crippen molar-refractivity contribution in [3.05, 3.63) is 129 Å². The minimum absolute atomic E-state index is 0.0898. The normalized spacial score (nSPS) is 15.3. The van der Waals surface area contributed by atoms with Gasteiger partial charge in [-0.3, -0.25) is 9.69 Å². The first kappa shape index (κ1) is 25.8. The molecule has 1 heterocycles. The second-order valence-corrected chi connectivity index (χ2v) is 10.4. The van der Waals surface area contributed by atoms with Crippen LogP contribution in [0.5, 0.6) is 11.5 Å². The van der Waals surface area contributed by atoms with E-state index in [0.29, 0.717) is 34.7 Å². The number of halogens is 1. The number of hydrogen-bond donors (Lipinski definition) is 0. The molecule has 4 aromatic rings. The summed E-state index contributed by atoms with van der Waals surface area (Å²) in [6.45, 7) is 0.854. The summed E-state index contributed by atoms with van der Waals surface area (Å²) in [7, 11) is 1.61. The van der Waals surface area contributed by atoms with Crippen LogP contribution in [0.3, 0.4) is 0 Å². The third-order valence-corrected chi connectivity index (χ3v) is 7.42. The zero-order valence-corrected chi connectivity index (χ0v) is 23.1. The van der Waals surface area contributed by atoms with Gasteiger partial charge >= 0.3 is 0 Å². The van der Waals surface area contributed by atoms with Crippen LogP contribution in [0.15, 0.2) is 117 Å². The summed E-state index contributed by atoms with van der Waals surface area (Å²) >= 11 is 5.00. The summed E-state index contributed by atoms with van der Waals surface area (Å²) in [5.74, 6) is 1.10. The number of aliphatic imine (C=N–C) groups is 1. The van der Waals surface area contributed by atoms with E-state index >= 15 is 0 Å². The Bertz CT molecular complexity index is 1480. The van der Waals surface area contributed by atoms with Gasteiger partial charge in [0.1, 0.15) is 6.61 Å². The molecule has 7 heteroatoms. The van der Waals surface area contributed by atoms with Gasteiger partial charge in [0.05, 0.1) is 28.7 Å². The molecule has 4 aromatic carbocycles. The summed E-state index contributed by atoms with van der Waals surface area (Å²) < 4.78 is 12.4. The fourth-order valence-corrected chi connectivity index (χ4v) is 5.53. The lowest BCUT2D eigenvalue weighted by Crippen LogP contribution is -2.28. The molecule has 1 saturated heterocycles. The van der Waals surface area contributed by atoms with Crippen molar-refractivity contribution in [3.8, 4) is 11.5 Å². The van der Waals surface area contributed by atoms with Crippen LogP contribution in [0.1, 0.15) is 16.7 Å². The predicted octanol–water partition coefficient (Wildman–Crippen LogP) is 7.84. The van der Waals surface area contributed by atoms with Gasteiger partial charge in [-0.05, 0) is 74.7 Å². The van der Waals surface area contributed by atoms with Gasteiger partial charge in [0.25, 0.3) is 5.91 Å². The number of rotatable bonds is 8. The molecule has 0 unspecified atom stereocenters. The fraction of sp³-hybridized carbons (Fsp3) is 0.0968. The number of amidine groups is 1. The number of benzene rings is 4. The number of nitrogens with zero attached hydrogens (tertiary/aromatic N) is 2. The second-order valence-electron chi connectivity index (χ2n) is 8.53. The highest BCUT2D eigenvalue weighted by molar-refractivity contribution is 9.10. The van der Waals surface area contributed by atoms with Crippen LogP contribution < -0.4 is 9.47 Å². The zero-order chi connectivity index (χ0) is 26.3. The van der Waals surface area contributed by atoms with Crippen molar-refractivity contribution in [3.63, 3.8) is 0 Å². The highest BCUT2D eigenvalue weighted by Crippen LogP contribution is 2.40. The second kappa shape index (κ2) is 12.2. The monoisotopic (exact) mass is 584 g/mol. The third kappa shape index (κ3) is 6.18. The molecular weight excluding hydrogens is 560 g/mol. The van der Waals surface area contributed by atoms with Crippen LogP contribution in [-0.2, 0) is 17.9 Å². The van der Waals surface area contributed by atoms with Crippen molar-refractivity contribution >= 4 is 50.5 Å². The van der Waals surface area contributed by atoms with E-state index in [-0.39, 0.29) is 5.91 Å². The first-order valence-electron chi connectivity index (χ1n) is 12.0. The van der Waals surface area contributed by atoms with Crippen LogP contribution in [0, 0.1) is 0 Å². The minimum Gasteiger partial charge on any atom is -0.493 e. The number of amides is 1. The first-order valence-corrected chi connectivity index (χ1v) is 13.6. The lowest BCUT2D eigenvalue weighted by molar-refractivity contribution is -0.122. The smallest absolute Gasteiger partial charge is 0.267 e. The largest absolute Gasteiger partial charge is 0.493 e. The molecule has 0 bridgehead atoms. The third-order valence-electron chi connectivity index (χ3n) is 5.83. The molecule has 5 nitrogen and oxygen atoms in total. The molecule has 0 saturated carbocycles. The van der Waals surface area contributed by atoms with E-state index in [4.69, 9.17) is 14.5 Å². The Morgan fingerprint density at radius 2 is 1.53 bits per heavy atom. The lowest BCUT2D eigenvalue weighted by Gasteiger charge is -2.15. The van der Waals surface area contributed by atoms with Gasteiger partial charge < -0.3 is 9.47 Å². The van der Waals surface area contributed by atoms with Gasteiger partial charge in [-0.15, -0.1) is 0 Å². The molecule has 38 heavy (non-hydrogen) atoms. The SMILES string of the molecule is COc1cc(/C=C2/SC(=Nc3ccccc3)N(Cc3ccccc3)C2=O)cc(Br)c1OCc1ccccc1. The molecule has 0 radical (unpaired) electrons. The quantitative estimate of drug-likeness (QED) is 0.198. The minimum atomic E-state index is -0.0898. The van der Waals surface area contributed by atoms with E-state index in [1.54, 1.807) is 12.0 Å². The van der Waals surface area contributed by atoms with E-state index in [9.17, 15) is 4.79 Å². The zero-order valence-electron chi connectivity index (χ0n) is 20.7. The highest BCUT2D eigenvalue weighted by atomic mass is 79.9. The number of para-hydroxylation sites is 1. The van der Waals surface area contributed by atoms with Gasteiger partial charge in [0.15, 0.2) is 16.7 Å². The average Bonchev–Trinajstić information content (AvgIpc) is 3.22. The van der Waals surface area contributed by atoms with Crippen LogP contribution in [-0.4, -0.2) is 23.1 Å².